The fraction of sp³-hybridized carbons (Fsp3) is 0.400. The highest BCUT2D eigenvalue weighted by Gasteiger charge is 2.39. The summed E-state index contributed by atoms with van der Waals surface area (Å²) in [7, 11) is 0. The molecule has 4 nitrogen and oxygen atoms in total. The lowest BCUT2D eigenvalue weighted by Crippen LogP contribution is -2.19. The van der Waals surface area contributed by atoms with Gasteiger partial charge in [-0.1, -0.05) is 56.8 Å². The van der Waals surface area contributed by atoms with E-state index in [-0.39, 0.29) is 10.6 Å². The third-order valence-corrected chi connectivity index (χ3v) is 4.44. The standard InChI is InChI=1S/C15H15F3N4S/c1-14(2,3)10-6-4-9(5-7-10)11-8-23-13-20-19-12(15(16,17)18)22(13)21-11/h4-7H,8H2,1-3H3. The molecule has 0 saturated heterocycles. The Bertz CT molecular complexity index is 755. The zero-order chi connectivity index (χ0) is 16.8. The van der Waals surface area contributed by atoms with Gasteiger partial charge in [0.05, 0.1) is 5.71 Å². The molecular formula is C15H15F3N4S. The largest absolute Gasteiger partial charge is 0.453 e. The molecule has 0 atom stereocenters. The Balaban J connectivity index is 1.98. The molecule has 2 heterocycles. The van der Waals surface area contributed by atoms with Crippen molar-refractivity contribution in [3.8, 4) is 0 Å². The SMILES string of the molecule is CC(C)(C)c1ccc(C2=Nn3c(nnc3C(F)(F)F)SC2)cc1. The van der Waals surface area contributed by atoms with Gasteiger partial charge >= 0.3 is 6.18 Å². The van der Waals surface area contributed by atoms with Crippen LogP contribution in [0.15, 0.2) is 34.5 Å². The highest BCUT2D eigenvalue weighted by atomic mass is 32.2. The van der Waals surface area contributed by atoms with Gasteiger partial charge in [0.15, 0.2) is 0 Å². The topological polar surface area (TPSA) is 43.1 Å². The van der Waals surface area contributed by atoms with Crippen LogP contribution in [-0.2, 0) is 11.6 Å². The van der Waals surface area contributed by atoms with Gasteiger partial charge in [0.1, 0.15) is 0 Å². The number of benzene rings is 1. The summed E-state index contributed by atoms with van der Waals surface area (Å²) in [4.78, 5) is 0. The Morgan fingerprint density at radius 2 is 1.70 bits per heavy atom. The summed E-state index contributed by atoms with van der Waals surface area (Å²) >= 11 is 1.20. The second kappa shape index (κ2) is 5.36. The van der Waals surface area contributed by atoms with Crippen LogP contribution >= 0.6 is 11.8 Å². The van der Waals surface area contributed by atoms with Crippen molar-refractivity contribution in [3.05, 3.63) is 41.2 Å². The Morgan fingerprint density at radius 1 is 1.04 bits per heavy atom. The van der Waals surface area contributed by atoms with Gasteiger partial charge in [-0.05, 0) is 16.5 Å². The summed E-state index contributed by atoms with van der Waals surface area (Å²) in [5.41, 5.74) is 2.56. The third-order valence-electron chi connectivity index (χ3n) is 3.51. The van der Waals surface area contributed by atoms with E-state index >= 15 is 0 Å². The van der Waals surface area contributed by atoms with E-state index in [9.17, 15) is 13.2 Å². The molecule has 0 fully saturated rings. The number of alkyl halides is 3. The van der Waals surface area contributed by atoms with Crippen LogP contribution in [0.3, 0.4) is 0 Å². The minimum Gasteiger partial charge on any atom is -0.182 e. The molecule has 0 unspecified atom stereocenters. The van der Waals surface area contributed by atoms with Crippen molar-refractivity contribution in [2.24, 2.45) is 5.10 Å². The normalized spacial score (nSPS) is 15.3. The van der Waals surface area contributed by atoms with Gasteiger partial charge in [-0.2, -0.15) is 22.9 Å². The Labute approximate surface area is 135 Å². The molecule has 1 aliphatic heterocycles. The van der Waals surface area contributed by atoms with Crippen LogP contribution in [0.1, 0.15) is 37.7 Å². The van der Waals surface area contributed by atoms with Crippen LogP contribution in [0.2, 0.25) is 0 Å². The predicted octanol–water partition coefficient (Wildman–Crippen LogP) is 3.95. The zero-order valence-corrected chi connectivity index (χ0v) is 13.7. The molecule has 1 aromatic carbocycles. The van der Waals surface area contributed by atoms with Gasteiger partial charge in [0.2, 0.25) is 5.16 Å². The Hall–Kier alpha value is -1.83. The average molecular weight is 340 g/mol. The molecule has 0 N–H and O–H groups in total. The van der Waals surface area contributed by atoms with Crippen LogP contribution in [0.4, 0.5) is 13.2 Å². The monoisotopic (exact) mass is 340 g/mol. The Kier molecular flexibility index (Phi) is 3.74. The lowest BCUT2D eigenvalue weighted by molar-refractivity contribution is -0.147. The van der Waals surface area contributed by atoms with Crippen LogP contribution in [0, 0.1) is 0 Å². The lowest BCUT2D eigenvalue weighted by Gasteiger charge is -2.20. The van der Waals surface area contributed by atoms with E-state index < -0.39 is 12.0 Å². The van der Waals surface area contributed by atoms with Crippen molar-refractivity contribution >= 4 is 17.5 Å². The van der Waals surface area contributed by atoms with Gasteiger partial charge < -0.3 is 0 Å². The maximum Gasteiger partial charge on any atom is 0.453 e. The molecule has 0 saturated carbocycles. The summed E-state index contributed by atoms with van der Waals surface area (Å²) in [5.74, 6) is -0.631. The molecule has 0 aliphatic carbocycles. The molecule has 3 rings (SSSR count). The maximum absolute atomic E-state index is 12.9. The number of aromatic nitrogens is 3. The van der Waals surface area contributed by atoms with Gasteiger partial charge in [0.25, 0.3) is 5.82 Å². The van der Waals surface area contributed by atoms with Gasteiger partial charge in [-0.25, -0.2) is 0 Å². The third kappa shape index (κ3) is 3.12. The number of hydrogen-bond donors (Lipinski definition) is 0. The fourth-order valence-electron chi connectivity index (χ4n) is 2.21. The second-order valence-corrected chi connectivity index (χ2v) is 7.22. The number of nitrogens with zero attached hydrogens (tertiary/aromatic N) is 4. The van der Waals surface area contributed by atoms with Gasteiger partial charge in [-0.3, -0.25) is 0 Å². The maximum atomic E-state index is 12.9. The smallest absolute Gasteiger partial charge is 0.182 e. The van der Waals surface area contributed by atoms with Crippen molar-refractivity contribution < 1.29 is 13.2 Å². The van der Waals surface area contributed by atoms with E-state index in [0.29, 0.717) is 11.5 Å². The summed E-state index contributed by atoms with van der Waals surface area (Å²) in [6.45, 7) is 6.32. The molecule has 122 valence electrons. The van der Waals surface area contributed by atoms with Crippen LogP contribution in [0.25, 0.3) is 0 Å². The molecule has 0 spiro atoms. The minimum atomic E-state index is -4.58. The summed E-state index contributed by atoms with van der Waals surface area (Å²) in [6, 6.07) is 7.74. The quantitative estimate of drug-likeness (QED) is 0.789. The molecule has 2 aromatic rings. The fourth-order valence-corrected chi connectivity index (χ4v) is 3.05. The first-order chi connectivity index (χ1) is 10.7. The number of halogens is 3. The first-order valence-corrected chi connectivity index (χ1v) is 7.99. The van der Waals surface area contributed by atoms with E-state index in [1.165, 1.54) is 11.8 Å². The minimum absolute atomic E-state index is 0.0204. The molecule has 0 bridgehead atoms. The van der Waals surface area contributed by atoms with E-state index in [2.05, 4.69) is 36.1 Å². The van der Waals surface area contributed by atoms with Crippen molar-refractivity contribution in [2.75, 3.05) is 5.75 Å². The molecule has 1 aromatic heterocycles. The Morgan fingerprint density at radius 3 is 2.26 bits per heavy atom. The van der Waals surface area contributed by atoms with E-state index in [0.717, 1.165) is 15.8 Å². The summed E-state index contributed by atoms with van der Waals surface area (Å²) < 4.78 is 39.5. The van der Waals surface area contributed by atoms with Crippen molar-refractivity contribution in [2.45, 2.75) is 37.5 Å². The van der Waals surface area contributed by atoms with Crippen LogP contribution in [-0.4, -0.2) is 26.3 Å². The van der Waals surface area contributed by atoms with Crippen molar-refractivity contribution in [3.63, 3.8) is 0 Å². The van der Waals surface area contributed by atoms with E-state index in [4.69, 9.17) is 0 Å². The zero-order valence-electron chi connectivity index (χ0n) is 12.8. The molecule has 23 heavy (non-hydrogen) atoms. The van der Waals surface area contributed by atoms with Gasteiger partial charge in [0, 0.05) is 5.75 Å². The van der Waals surface area contributed by atoms with Gasteiger partial charge in [-0.15, -0.1) is 10.2 Å². The average Bonchev–Trinajstić information content (AvgIpc) is 2.89. The molecule has 1 aliphatic rings. The van der Waals surface area contributed by atoms with E-state index in [1.54, 1.807) is 0 Å². The first kappa shape index (κ1) is 16.0. The molecule has 8 heteroatoms. The molecule has 0 amide bonds. The van der Waals surface area contributed by atoms with Crippen molar-refractivity contribution in [1.82, 2.24) is 14.9 Å². The highest BCUT2D eigenvalue weighted by Crippen LogP contribution is 2.33. The number of thioether (sulfide) groups is 1. The number of hydrogen-bond acceptors (Lipinski definition) is 4. The van der Waals surface area contributed by atoms with Crippen LogP contribution in [0.5, 0.6) is 0 Å². The van der Waals surface area contributed by atoms with Crippen molar-refractivity contribution in [1.29, 1.82) is 0 Å². The second-order valence-electron chi connectivity index (χ2n) is 6.28. The predicted molar refractivity (Wildman–Crippen MR) is 82.8 cm³/mol. The molecular weight excluding hydrogens is 325 g/mol. The van der Waals surface area contributed by atoms with Crippen LogP contribution < -0.4 is 0 Å². The number of fused-ring (bicyclic) bond motifs is 1. The molecule has 0 radical (unpaired) electrons. The summed E-state index contributed by atoms with van der Waals surface area (Å²) in [6.07, 6.45) is -4.58. The first-order valence-electron chi connectivity index (χ1n) is 7.00. The highest BCUT2D eigenvalue weighted by molar-refractivity contribution is 7.99. The lowest BCUT2D eigenvalue weighted by atomic mass is 9.86. The summed E-state index contributed by atoms with van der Waals surface area (Å²) in [5, 5.41) is 11.0. The number of rotatable bonds is 1. The van der Waals surface area contributed by atoms with E-state index in [1.807, 2.05) is 24.3 Å².